The molecular weight excluding hydrogens is 471 g/mol. The van der Waals surface area contributed by atoms with Crippen molar-refractivity contribution in [2.24, 2.45) is 0 Å². The van der Waals surface area contributed by atoms with Gasteiger partial charge in [0.2, 0.25) is 0 Å². The molecule has 0 saturated carbocycles. The minimum atomic E-state index is -2.63. The van der Waals surface area contributed by atoms with Gasteiger partial charge in [-0.25, -0.2) is 0 Å². The third-order valence-electron chi connectivity index (χ3n) is 4.37. The van der Waals surface area contributed by atoms with E-state index >= 15 is 0 Å². The quantitative estimate of drug-likeness (QED) is 0.374. The Labute approximate surface area is 178 Å². The van der Waals surface area contributed by atoms with Crippen LogP contribution in [0.1, 0.15) is 0 Å². The second-order valence-corrected chi connectivity index (χ2v) is 19.6. The predicted octanol–water partition coefficient (Wildman–Crippen LogP) is 1.04. The van der Waals surface area contributed by atoms with Crippen molar-refractivity contribution >= 4 is 34.7 Å². The van der Waals surface area contributed by atoms with Crippen LogP contribution in [0.3, 0.4) is 0 Å². The van der Waals surface area contributed by atoms with E-state index in [1.54, 1.807) is 0 Å². The van der Waals surface area contributed by atoms with Gasteiger partial charge >= 0.3 is 162 Å². The van der Waals surface area contributed by atoms with E-state index in [9.17, 15) is 0 Å². The molecule has 0 nitrogen and oxygen atoms in total. The Morgan fingerprint density at radius 2 is 0.963 bits per heavy atom. The SMILES string of the molecule is C[Si](C)(C)C#CC[As+](c1ccccc1)(c1ccccc1)c1ccccc1.[Br-]. The Morgan fingerprint density at radius 1 is 0.630 bits per heavy atom. The van der Waals surface area contributed by atoms with Crippen molar-refractivity contribution in [1.82, 2.24) is 0 Å². The Morgan fingerprint density at radius 3 is 1.26 bits per heavy atom. The first kappa shape index (κ1) is 21.8. The van der Waals surface area contributed by atoms with Gasteiger partial charge in [0.1, 0.15) is 0 Å². The van der Waals surface area contributed by atoms with Gasteiger partial charge in [0.15, 0.2) is 0 Å². The van der Waals surface area contributed by atoms with Gasteiger partial charge in [-0.05, 0) is 0 Å². The van der Waals surface area contributed by atoms with Crippen LogP contribution in [0.4, 0.5) is 0 Å². The summed E-state index contributed by atoms with van der Waals surface area (Å²) in [4.78, 5) is 0. The first-order chi connectivity index (χ1) is 12.5. The van der Waals surface area contributed by atoms with E-state index in [-0.39, 0.29) is 17.0 Å². The summed E-state index contributed by atoms with van der Waals surface area (Å²) in [7, 11) is -1.39. The fourth-order valence-corrected chi connectivity index (χ4v) is 12.1. The Kier molecular flexibility index (Phi) is 7.74. The molecule has 27 heavy (non-hydrogen) atoms. The summed E-state index contributed by atoms with van der Waals surface area (Å²) in [5.41, 5.74) is 3.62. The standard InChI is InChI=1S/C24H26AsSi.BrH/c1-26(2,3)21-13-20-25(22-14-7-4-8-15-22,23-16-9-5-10-17-23)24-18-11-6-12-19-24;/h4-12,14-19H,20H2,1-3H3;1H/q+1;/p-1. The van der Waals surface area contributed by atoms with Gasteiger partial charge in [0.25, 0.3) is 0 Å². The molecule has 0 spiro atoms. The molecule has 0 aromatic heterocycles. The summed E-state index contributed by atoms with van der Waals surface area (Å²) in [6.07, 6.45) is 0. The molecule has 0 N–H and O–H groups in total. The Hall–Kier alpha value is -1.52. The van der Waals surface area contributed by atoms with E-state index in [1.165, 1.54) is 13.1 Å². The first-order valence-corrected chi connectivity index (χ1v) is 16.7. The number of hydrogen-bond acceptors (Lipinski definition) is 0. The van der Waals surface area contributed by atoms with Crippen molar-refractivity contribution < 1.29 is 17.0 Å². The van der Waals surface area contributed by atoms with Gasteiger partial charge in [0.05, 0.1) is 0 Å². The van der Waals surface area contributed by atoms with Gasteiger partial charge in [-0.1, -0.05) is 0 Å². The molecule has 0 aliphatic heterocycles. The zero-order valence-corrected chi connectivity index (χ0v) is 20.7. The second kappa shape index (κ2) is 9.60. The first-order valence-electron chi connectivity index (χ1n) is 9.07. The van der Waals surface area contributed by atoms with Crippen LogP contribution in [0.15, 0.2) is 91.0 Å². The van der Waals surface area contributed by atoms with Crippen molar-refractivity contribution in [2.75, 3.05) is 0 Å². The molecule has 0 bridgehead atoms. The molecule has 0 unspecified atom stereocenters. The summed E-state index contributed by atoms with van der Waals surface area (Å²) in [5, 5.41) is 0.959. The average Bonchev–Trinajstić information content (AvgIpc) is 2.67. The normalized spacial score (nSPS) is 11.1. The summed E-state index contributed by atoms with van der Waals surface area (Å²) >= 11 is -2.63. The topological polar surface area (TPSA) is 0 Å². The van der Waals surface area contributed by atoms with Crippen LogP contribution in [0.2, 0.25) is 24.8 Å². The van der Waals surface area contributed by atoms with Crippen molar-refractivity contribution in [1.29, 1.82) is 0 Å². The van der Waals surface area contributed by atoms with Crippen LogP contribution in [-0.4, -0.2) is 21.6 Å². The van der Waals surface area contributed by atoms with Crippen molar-refractivity contribution in [3.63, 3.8) is 0 Å². The van der Waals surface area contributed by atoms with Crippen LogP contribution in [0.5, 0.6) is 0 Å². The van der Waals surface area contributed by atoms with Gasteiger partial charge in [-0.2, -0.15) is 0 Å². The fourth-order valence-electron chi connectivity index (χ4n) is 3.19. The van der Waals surface area contributed by atoms with E-state index in [0.717, 1.165) is 5.21 Å². The summed E-state index contributed by atoms with van der Waals surface area (Å²) in [5.74, 6) is 3.65. The summed E-state index contributed by atoms with van der Waals surface area (Å²) in [6, 6.07) is 33.2. The maximum absolute atomic E-state index is 3.65. The van der Waals surface area contributed by atoms with E-state index in [0.29, 0.717) is 0 Å². The van der Waals surface area contributed by atoms with Gasteiger partial charge < -0.3 is 17.0 Å². The molecule has 3 aromatic rings. The van der Waals surface area contributed by atoms with Crippen molar-refractivity contribution in [3.05, 3.63) is 91.0 Å². The van der Waals surface area contributed by atoms with Gasteiger partial charge in [-0.15, -0.1) is 0 Å². The van der Waals surface area contributed by atoms with Gasteiger partial charge in [-0.3, -0.25) is 0 Å². The molecule has 3 heteroatoms. The zero-order valence-electron chi connectivity index (χ0n) is 16.2. The average molecular weight is 497 g/mol. The van der Waals surface area contributed by atoms with Crippen LogP contribution >= 0.6 is 0 Å². The molecule has 138 valence electrons. The van der Waals surface area contributed by atoms with Crippen molar-refractivity contribution in [2.45, 2.75) is 24.8 Å². The predicted molar refractivity (Wildman–Crippen MR) is 120 cm³/mol. The van der Waals surface area contributed by atoms with Crippen LogP contribution < -0.4 is 30.0 Å². The number of benzene rings is 3. The van der Waals surface area contributed by atoms with Gasteiger partial charge in [0, 0.05) is 0 Å². The molecule has 0 radical (unpaired) electrons. The second-order valence-electron chi connectivity index (χ2n) is 7.53. The van der Waals surface area contributed by atoms with Crippen LogP contribution in [0.25, 0.3) is 0 Å². The molecule has 0 amide bonds. The fraction of sp³-hybridized carbons (Fsp3) is 0.167. The molecule has 0 fully saturated rings. The minimum Gasteiger partial charge on any atom is -1.00 e. The molecule has 3 aromatic carbocycles. The molecule has 0 aliphatic carbocycles. The molecule has 0 saturated heterocycles. The molecule has 0 atom stereocenters. The zero-order chi connectivity index (χ0) is 18.5. The van der Waals surface area contributed by atoms with Crippen LogP contribution in [-0.2, 0) is 0 Å². The monoisotopic (exact) mass is 496 g/mol. The number of rotatable bonds is 4. The Balaban J connectivity index is 0.00000261. The summed E-state index contributed by atoms with van der Waals surface area (Å²) in [6.45, 7) is 6.96. The molecule has 0 heterocycles. The maximum atomic E-state index is 3.65. The number of halogens is 1. The van der Waals surface area contributed by atoms with E-state index in [4.69, 9.17) is 0 Å². The third-order valence-corrected chi connectivity index (χ3v) is 14.0. The molecule has 3 rings (SSSR count). The van der Waals surface area contributed by atoms with Crippen molar-refractivity contribution in [3.8, 4) is 11.5 Å². The van der Waals surface area contributed by atoms with E-state index in [1.807, 2.05) is 0 Å². The summed E-state index contributed by atoms with van der Waals surface area (Å²) < 4.78 is 4.40. The maximum Gasteiger partial charge on any atom is -1.00 e. The molecule has 0 aliphatic rings. The minimum absolute atomic E-state index is 0. The third kappa shape index (κ3) is 5.26. The largest absolute Gasteiger partial charge is 1.00 e. The smallest absolute Gasteiger partial charge is 1.00 e. The van der Waals surface area contributed by atoms with Crippen LogP contribution in [0, 0.1) is 11.5 Å². The molecular formula is C24H26AsBrSi. The Bertz CT molecular complexity index is 794. The van der Waals surface area contributed by atoms with E-state index < -0.39 is 21.6 Å². The van der Waals surface area contributed by atoms with E-state index in [2.05, 4.69) is 122 Å². The number of hydrogen-bond donors (Lipinski definition) is 0.